The highest BCUT2D eigenvalue weighted by Gasteiger charge is 2.39. The van der Waals surface area contributed by atoms with Crippen LogP contribution in [0, 0.1) is 5.92 Å². The van der Waals surface area contributed by atoms with Gasteiger partial charge in [-0.1, -0.05) is 54.6 Å². The fraction of sp³-hybridized carbons (Fsp3) is 0.222. The molecule has 3 aromatic carbocycles. The second-order valence-corrected chi connectivity index (χ2v) is 8.48. The molecule has 0 spiro atoms. The third kappa shape index (κ3) is 5.12. The van der Waals surface area contributed by atoms with Gasteiger partial charge < -0.3 is 9.84 Å². The van der Waals surface area contributed by atoms with E-state index in [-0.39, 0.29) is 18.0 Å². The van der Waals surface area contributed by atoms with Crippen molar-refractivity contribution >= 4 is 23.1 Å². The van der Waals surface area contributed by atoms with Crippen LogP contribution in [-0.2, 0) is 21.6 Å². The summed E-state index contributed by atoms with van der Waals surface area (Å²) < 4.78 is 29.1. The number of hydrogen-bond acceptors (Lipinski definition) is 5. The van der Waals surface area contributed by atoms with Gasteiger partial charge in [-0.05, 0) is 54.8 Å². The van der Waals surface area contributed by atoms with Crippen molar-refractivity contribution in [1.82, 2.24) is 0 Å². The molecule has 2 atom stereocenters. The molecule has 1 amide bonds. The molecule has 4 rings (SSSR count). The van der Waals surface area contributed by atoms with Crippen LogP contribution >= 0.6 is 0 Å². The summed E-state index contributed by atoms with van der Waals surface area (Å²) in [7, 11) is 0. The zero-order valence-corrected chi connectivity index (χ0v) is 19.2. The van der Waals surface area contributed by atoms with Gasteiger partial charge in [-0.3, -0.25) is 9.59 Å². The van der Waals surface area contributed by atoms with E-state index in [0.717, 1.165) is 10.6 Å². The number of hydrogen-bond donors (Lipinski definition) is 1. The number of anilines is 1. The Bertz CT molecular complexity index is 1260. The van der Waals surface area contributed by atoms with E-state index in [1.807, 2.05) is 30.3 Å². The molecule has 1 aliphatic rings. The Morgan fingerprint density at radius 1 is 1.06 bits per heavy atom. The van der Waals surface area contributed by atoms with E-state index in [4.69, 9.17) is 0 Å². The van der Waals surface area contributed by atoms with Crippen molar-refractivity contribution in [2.45, 2.75) is 32.5 Å². The van der Waals surface area contributed by atoms with E-state index in [0.29, 0.717) is 22.5 Å². The SMILES string of the molecule is CC1=NN(c2ccc(OC(F)F)cc2)C(=O)C1C(=O)Cc1cccc(C(C)(O)c2ccccc2)c1. The maximum absolute atomic E-state index is 13.1. The van der Waals surface area contributed by atoms with Gasteiger partial charge in [-0.25, -0.2) is 0 Å². The normalized spacial score (nSPS) is 17.3. The molecule has 0 aromatic heterocycles. The van der Waals surface area contributed by atoms with E-state index in [1.165, 1.54) is 24.3 Å². The first-order valence-electron chi connectivity index (χ1n) is 11.0. The highest BCUT2D eigenvalue weighted by molar-refractivity contribution is 6.27. The molecular weight excluding hydrogens is 454 g/mol. The summed E-state index contributed by atoms with van der Waals surface area (Å²) >= 11 is 0. The number of ketones is 1. The van der Waals surface area contributed by atoms with Gasteiger partial charge in [0.15, 0.2) is 5.78 Å². The lowest BCUT2D eigenvalue weighted by Crippen LogP contribution is -2.33. The quantitative estimate of drug-likeness (QED) is 0.477. The largest absolute Gasteiger partial charge is 0.435 e. The summed E-state index contributed by atoms with van der Waals surface area (Å²) in [4.78, 5) is 26.1. The number of benzene rings is 3. The van der Waals surface area contributed by atoms with Gasteiger partial charge in [0.05, 0.1) is 11.4 Å². The lowest BCUT2D eigenvalue weighted by molar-refractivity contribution is -0.128. The van der Waals surface area contributed by atoms with Crippen molar-refractivity contribution in [2.24, 2.45) is 11.0 Å². The molecule has 6 nitrogen and oxygen atoms in total. The summed E-state index contributed by atoms with van der Waals surface area (Å²) in [6, 6.07) is 21.8. The fourth-order valence-corrected chi connectivity index (χ4v) is 4.11. The van der Waals surface area contributed by atoms with Crippen molar-refractivity contribution in [3.05, 3.63) is 95.6 Å². The van der Waals surface area contributed by atoms with Gasteiger partial charge in [0.2, 0.25) is 0 Å². The third-order valence-corrected chi connectivity index (χ3v) is 5.96. The molecule has 0 aliphatic carbocycles. The second-order valence-electron chi connectivity index (χ2n) is 8.48. The maximum Gasteiger partial charge on any atom is 0.387 e. The highest BCUT2D eigenvalue weighted by Crippen LogP contribution is 2.31. The molecule has 0 radical (unpaired) electrons. The first-order valence-corrected chi connectivity index (χ1v) is 11.0. The van der Waals surface area contributed by atoms with Gasteiger partial charge >= 0.3 is 6.61 Å². The Balaban J connectivity index is 1.49. The standard InChI is InChI=1S/C27H24F2N2O4/c1-17-24(25(33)31(30-17)21-11-13-22(14-12-21)35-26(28)29)23(32)16-18-7-6-10-20(15-18)27(2,34)19-8-4-3-5-9-19/h3-15,24,26,34H,16H2,1-2H3. The van der Waals surface area contributed by atoms with Crippen LogP contribution in [0.2, 0.25) is 0 Å². The number of rotatable bonds is 8. The van der Waals surface area contributed by atoms with Gasteiger partial charge in [0.25, 0.3) is 5.91 Å². The van der Waals surface area contributed by atoms with E-state index >= 15 is 0 Å². The van der Waals surface area contributed by atoms with Crippen LogP contribution in [0.1, 0.15) is 30.5 Å². The van der Waals surface area contributed by atoms with E-state index < -0.39 is 24.0 Å². The number of halogens is 2. The predicted molar refractivity (Wildman–Crippen MR) is 127 cm³/mol. The smallest absolute Gasteiger partial charge is 0.387 e. The van der Waals surface area contributed by atoms with Gasteiger partial charge in [-0.15, -0.1) is 0 Å². The molecular formula is C27H24F2N2O4. The molecule has 2 unspecified atom stereocenters. The van der Waals surface area contributed by atoms with Crippen molar-refractivity contribution in [2.75, 3.05) is 5.01 Å². The molecule has 35 heavy (non-hydrogen) atoms. The average Bonchev–Trinajstić information content (AvgIpc) is 3.13. The number of alkyl halides is 2. The van der Waals surface area contributed by atoms with E-state index in [2.05, 4.69) is 9.84 Å². The minimum Gasteiger partial charge on any atom is -0.435 e. The van der Waals surface area contributed by atoms with Crippen molar-refractivity contribution in [3.8, 4) is 5.75 Å². The second kappa shape index (κ2) is 9.76. The first kappa shape index (κ1) is 24.2. The zero-order chi connectivity index (χ0) is 25.2. The van der Waals surface area contributed by atoms with E-state index in [9.17, 15) is 23.5 Å². The predicted octanol–water partition coefficient (Wildman–Crippen LogP) is 4.69. The zero-order valence-electron chi connectivity index (χ0n) is 19.2. The number of carbonyl (C=O) groups is 2. The molecule has 1 N–H and O–H groups in total. The molecule has 1 heterocycles. The van der Waals surface area contributed by atoms with Crippen LogP contribution in [0.15, 0.2) is 84.0 Å². The average molecular weight is 478 g/mol. The Morgan fingerprint density at radius 2 is 1.71 bits per heavy atom. The van der Waals surface area contributed by atoms with Gasteiger partial charge in [0.1, 0.15) is 17.3 Å². The number of amides is 1. The van der Waals surface area contributed by atoms with Gasteiger partial charge in [-0.2, -0.15) is 18.9 Å². The van der Waals surface area contributed by atoms with Crippen LogP contribution < -0.4 is 9.75 Å². The highest BCUT2D eigenvalue weighted by atomic mass is 19.3. The molecule has 3 aromatic rings. The minimum atomic E-state index is -2.95. The number of hydrazone groups is 1. The van der Waals surface area contributed by atoms with Crippen LogP contribution in [-0.4, -0.2) is 29.1 Å². The number of carbonyl (C=O) groups excluding carboxylic acids is 2. The fourth-order valence-electron chi connectivity index (χ4n) is 4.11. The number of ether oxygens (including phenoxy) is 1. The monoisotopic (exact) mass is 478 g/mol. The lowest BCUT2D eigenvalue weighted by atomic mass is 9.86. The van der Waals surface area contributed by atoms with Crippen LogP contribution in [0.3, 0.4) is 0 Å². The molecule has 0 fully saturated rings. The minimum absolute atomic E-state index is 0.0169. The number of Topliss-reactive ketones (excluding diaryl/α,β-unsaturated/α-hetero) is 1. The van der Waals surface area contributed by atoms with E-state index in [1.54, 1.807) is 38.1 Å². The van der Waals surface area contributed by atoms with Gasteiger partial charge in [0, 0.05) is 6.42 Å². The number of nitrogens with zero attached hydrogens (tertiary/aromatic N) is 2. The third-order valence-electron chi connectivity index (χ3n) is 5.96. The summed E-state index contributed by atoms with van der Waals surface area (Å²) in [6.45, 7) is 0.341. The Kier molecular flexibility index (Phi) is 6.75. The van der Waals surface area contributed by atoms with Crippen molar-refractivity contribution in [1.29, 1.82) is 0 Å². The molecule has 8 heteroatoms. The summed E-state index contributed by atoms with van der Waals surface area (Å²) in [5.74, 6) is -1.93. The maximum atomic E-state index is 13.1. The van der Waals surface area contributed by atoms with Crippen LogP contribution in [0.25, 0.3) is 0 Å². The van der Waals surface area contributed by atoms with Crippen LogP contribution in [0.4, 0.5) is 14.5 Å². The first-order chi connectivity index (χ1) is 16.7. The molecule has 180 valence electrons. The summed E-state index contributed by atoms with van der Waals surface area (Å²) in [6.07, 6.45) is -0.0169. The Hall–Kier alpha value is -3.91. The van der Waals surface area contributed by atoms with Crippen molar-refractivity contribution < 1.29 is 28.2 Å². The number of aliphatic hydroxyl groups is 1. The Labute approximate surface area is 201 Å². The summed E-state index contributed by atoms with van der Waals surface area (Å²) in [5.41, 5.74) is 1.45. The Morgan fingerprint density at radius 3 is 2.37 bits per heavy atom. The lowest BCUT2D eigenvalue weighted by Gasteiger charge is -2.25. The van der Waals surface area contributed by atoms with Crippen LogP contribution in [0.5, 0.6) is 5.75 Å². The summed E-state index contributed by atoms with van der Waals surface area (Å²) in [5, 5.41) is 16.4. The molecule has 0 bridgehead atoms. The van der Waals surface area contributed by atoms with Crippen molar-refractivity contribution in [3.63, 3.8) is 0 Å². The molecule has 1 aliphatic heterocycles. The topological polar surface area (TPSA) is 79.2 Å². The molecule has 0 saturated carbocycles. The molecule has 0 saturated heterocycles.